The Kier molecular flexibility index (Phi) is 15.6. The van der Waals surface area contributed by atoms with Gasteiger partial charge in [0.1, 0.15) is 0 Å². The van der Waals surface area contributed by atoms with Crippen molar-refractivity contribution >= 4 is 23.8 Å². The van der Waals surface area contributed by atoms with Gasteiger partial charge in [0.15, 0.2) is 0 Å². The van der Waals surface area contributed by atoms with E-state index in [-0.39, 0.29) is 5.41 Å². The van der Waals surface area contributed by atoms with Crippen LogP contribution in [0.5, 0.6) is 0 Å². The molecule has 3 N–H and O–H groups in total. The molecule has 2 fully saturated rings. The molecule has 0 bridgehead atoms. The molecule has 252 valence electrons. The predicted molar refractivity (Wildman–Crippen MR) is 132 cm³/mol. The number of hydrogen-bond donors (Lipinski definition) is 3. The van der Waals surface area contributed by atoms with E-state index in [1.54, 1.807) is 0 Å². The lowest BCUT2D eigenvalue weighted by molar-refractivity contribution is -0.193. The summed E-state index contributed by atoms with van der Waals surface area (Å²) < 4.78 is 95.2. The number of aliphatic carboxylic acids is 3. The lowest BCUT2D eigenvalue weighted by atomic mass is 9.77. The highest BCUT2D eigenvalue weighted by atomic mass is 19.4. The number of halogens is 9. The van der Waals surface area contributed by atoms with Gasteiger partial charge < -0.3 is 25.1 Å². The minimum Gasteiger partial charge on any atom is -0.475 e. The molecule has 0 radical (unpaired) electrons. The molecule has 2 aliphatic heterocycles. The van der Waals surface area contributed by atoms with Crippen molar-refractivity contribution in [3.63, 3.8) is 0 Å². The molecule has 2 saturated heterocycles. The number of aromatic nitrogens is 1. The normalized spacial score (nSPS) is 16.6. The molecule has 44 heavy (non-hydrogen) atoms. The van der Waals surface area contributed by atoms with E-state index in [0.29, 0.717) is 5.91 Å². The molecule has 1 amide bonds. The zero-order valence-electron chi connectivity index (χ0n) is 23.3. The smallest absolute Gasteiger partial charge is 0.475 e. The van der Waals surface area contributed by atoms with E-state index >= 15 is 0 Å². The molecular formula is C24H31F9N4O7. The summed E-state index contributed by atoms with van der Waals surface area (Å²) in [4.78, 5) is 50.3. The zero-order valence-corrected chi connectivity index (χ0v) is 23.3. The third kappa shape index (κ3) is 15.2. The Hall–Kier alpha value is -3.68. The van der Waals surface area contributed by atoms with Crippen molar-refractivity contribution < 1.29 is 74.0 Å². The minimum absolute atomic E-state index is 0.0684. The maximum atomic E-state index is 12.8. The van der Waals surface area contributed by atoms with E-state index in [9.17, 15) is 44.3 Å². The Labute approximate surface area is 244 Å². The number of carbonyl (C=O) groups is 4. The summed E-state index contributed by atoms with van der Waals surface area (Å²) in [6.07, 6.45) is -8.49. The highest BCUT2D eigenvalue weighted by Crippen LogP contribution is 2.41. The van der Waals surface area contributed by atoms with Crippen LogP contribution in [0.25, 0.3) is 0 Å². The van der Waals surface area contributed by atoms with Gasteiger partial charge in [0.05, 0.1) is 5.41 Å². The van der Waals surface area contributed by atoms with Crippen molar-refractivity contribution in [2.24, 2.45) is 5.41 Å². The second-order valence-corrected chi connectivity index (χ2v) is 9.67. The molecule has 0 saturated carbocycles. The second-order valence-electron chi connectivity index (χ2n) is 9.67. The molecule has 0 unspecified atom stereocenters. The number of amides is 1. The molecular weight excluding hydrogens is 627 g/mol. The van der Waals surface area contributed by atoms with Crippen molar-refractivity contribution in [1.29, 1.82) is 0 Å². The van der Waals surface area contributed by atoms with Gasteiger partial charge in [-0.05, 0) is 64.1 Å². The molecule has 3 rings (SSSR count). The van der Waals surface area contributed by atoms with E-state index in [0.717, 1.165) is 58.5 Å². The van der Waals surface area contributed by atoms with Gasteiger partial charge in [-0.3, -0.25) is 14.7 Å². The highest BCUT2D eigenvalue weighted by molar-refractivity contribution is 5.85. The van der Waals surface area contributed by atoms with Crippen molar-refractivity contribution in [3.8, 4) is 0 Å². The van der Waals surface area contributed by atoms with Crippen LogP contribution >= 0.6 is 0 Å². The van der Waals surface area contributed by atoms with Crippen molar-refractivity contribution in [2.75, 3.05) is 46.8 Å². The molecule has 1 spiro atoms. The Morgan fingerprint density at radius 1 is 0.795 bits per heavy atom. The Morgan fingerprint density at radius 3 is 1.50 bits per heavy atom. The second kappa shape index (κ2) is 17.0. The number of alkyl halides is 9. The first kappa shape index (κ1) is 40.3. The van der Waals surface area contributed by atoms with Gasteiger partial charge in [-0.2, -0.15) is 39.5 Å². The van der Waals surface area contributed by atoms with Crippen LogP contribution in [0.3, 0.4) is 0 Å². The highest BCUT2D eigenvalue weighted by Gasteiger charge is 2.47. The van der Waals surface area contributed by atoms with Gasteiger partial charge in [0.25, 0.3) is 0 Å². The predicted octanol–water partition coefficient (Wildman–Crippen LogP) is 3.36. The first-order valence-corrected chi connectivity index (χ1v) is 12.4. The molecule has 0 atom stereocenters. The molecule has 20 heteroatoms. The fourth-order valence-corrected chi connectivity index (χ4v) is 3.78. The summed E-state index contributed by atoms with van der Waals surface area (Å²) in [7, 11) is 4.13. The average Bonchev–Trinajstić information content (AvgIpc) is 3.19. The maximum Gasteiger partial charge on any atom is 0.490 e. The van der Waals surface area contributed by atoms with Crippen LogP contribution < -0.4 is 0 Å². The van der Waals surface area contributed by atoms with Crippen LogP contribution in [0, 0.1) is 5.41 Å². The number of carboxylic acids is 3. The summed E-state index contributed by atoms with van der Waals surface area (Å²) >= 11 is 0. The van der Waals surface area contributed by atoms with E-state index in [4.69, 9.17) is 29.7 Å². The SMILES string of the molecule is CN(C)CCN1CCC2(CCN(Cc3ccncc3)CC2)C1=O.O=C(O)C(F)(F)F.O=C(O)C(F)(F)F.O=C(O)C(F)(F)F. The summed E-state index contributed by atoms with van der Waals surface area (Å²) in [5, 5.41) is 21.4. The summed E-state index contributed by atoms with van der Waals surface area (Å²) in [6, 6.07) is 4.15. The summed E-state index contributed by atoms with van der Waals surface area (Å²) in [5.74, 6) is -7.87. The van der Waals surface area contributed by atoms with Crippen LogP contribution in [0.1, 0.15) is 24.8 Å². The van der Waals surface area contributed by atoms with Crippen LogP contribution in [0.4, 0.5) is 39.5 Å². The van der Waals surface area contributed by atoms with Crippen molar-refractivity contribution in [1.82, 2.24) is 19.7 Å². The summed E-state index contributed by atoms with van der Waals surface area (Å²) in [6.45, 7) is 5.78. The standard InChI is InChI=1S/C18H28N4O.3C2HF3O2/c1-20(2)13-14-22-12-7-18(17(22)23)5-10-21(11-6-18)15-16-3-8-19-9-4-16;3*3-2(4,5)1(6)7/h3-4,8-9H,5-7,10-15H2,1-2H3;3*(H,6,7). The van der Waals surface area contributed by atoms with E-state index in [2.05, 4.69) is 45.9 Å². The van der Waals surface area contributed by atoms with E-state index in [1.807, 2.05) is 12.4 Å². The molecule has 11 nitrogen and oxygen atoms in total. The third-order valence-electron chi connectivity index (χ3n) is 6.11. The number of piperidine rings is 1. The van der Waals surface area contributed by atoms with Crippen LogP contribution in [-0.2, 0) is 25.7 Å². The number of carboxylic acid groups (broad SMARTS) is 3. The van der Waals surface area contributed by atoms with Gasteiger partial charge in [-0.1, -0.05) is 0 Å². The quantitative estimate of drug-likeness (QED) is 0.402. The van der Waals surface area contributed by atoms with E-state index < -0.39 is 36.4 Å². The average molecular weight is 659 g/mol. The number of rotatable bonds is 5. The lowest BCUT2D eigenvalue weighted by Gasteiger charge is -2.38. The molecule has 2 aliphatic rings. The minimum atomic E-state index is -5.08. The monoisotopic (exact) mass is 658 g/mol. The first-order chi connectivity index (χ1) is 19.9. The van der Waals surface area contributed by atoms with Crippen molar-refractivity contribution in [3.05, 3.63) is 30.1 Å². The Bertz CT molecular complexity index is 1020. The fraction of sp³-hybridized carbons (Fsp3) is 0.625. The number of nitrogens with zero attached hydrogens (tertiary/aromatic N) is 4. The Morgan fingerprint density at radius 2 is 1.16 bits per heavy atom. The molecule has 1 aromatic heterocycles. The number of likely N-dealkylation sites (tertiary alicyclic amines) is 2. The molecule has 3 heterocycles. The van der Waals surface area contributed by atoms with Crippen LogP contribution in [0.2, 0.25) is 0 Å². The summed E-state index contributed by atoms with van der Waals surface area (Å²) in [5.41, 5.74) is 1.24. The number of hydrogen-bond acceptors (Lipinski definition) is 7. The van der Waals surface area contributed by atoms with Gasteiger partial charge in [-0.25, -0.2) is 14.4 Å². The largest absolute Gasteiger partial charge is 0.490 e. The van der Waals surface area contributed by atoms with Gasteiger partial charge >= 0.3 is 36.4 Å². The molecule has 0 aliphatic carbocycles. The zero-order chi connectivity index (χ0) is 34.5. The van der Waals surface area contributed by atoms with Gasteiger partial charge in [-0.15, -0.1) is 0 Å². The van der Waals surface area contributed by atoms with Crippen LogP contribution in [0.15, 0.2) is 24.5 Å². The van der Waals surface area contributed by atoms with Gasteiger partial charge in [0.2, 0.25) is 5.91 Å². The van der Waals surface area contributed by atoms with Crippen molar-refractivity contribution in [2.45, 2.75) is 44.3 Å². The molecule has 1 aromatic rings. The molecule has 0 aromatic carbocycles. The number of pyridine rings is 1. The topological polar surface area (TPSA) is 152 Å². The first-order valence-electron chi connectivity index (χ1n) is 12.4. The fourth-order valence-electron chi connectivity index (χ4n) is 3.78. The Balaban J connectivity index is 0.000000721. The number of likely N-dealkylation sites (N-methyl/N-ethyl adjacent to an activating group) is 1. The third-order valence-corrected chi connectivity index (χ3v) is 6.11. The van der Waals surface area contributed by atoms with Gasteiger partial charge in [0, 0.05) is 38.6 Å². The van der Waals surface area contributed by atoms with Crippen LogP contribution in [-0.4, -0.2) is 124 Å². The number of carbonyl (C=O) groups excluding carboxylic acids is 1. The van der Waals surface area contributed by atoms with E-state index in [1.165, 1.54) is 5.56 Å². The lowest BCUT2D eigenvalue weighted by Crippen LogP contribution is -2.45. The maximum absolute atomic E-state index is 12.8.